The average molecular weight is 286 g/mol. The van der Waals surface area contributed by atoms with Gasteiger partial charge in [-0.15, -0.1) is 0 Å². The molecule has 0 heterocycles. The second-order valence-corrected chi connectivity index (χ2v) is 6.52. The maximum atomic E-state index is 12.1. The SMILES string of the molecule is CCCC(O)CNS(=O)(=O)c1cc(C)c(C)c(N)c1. The molecule has 1 unspecified atom stereocenters. The van der Waals surface area contributed by atoms with Crippen LogP contribution in [0.2, 0.25) is 0 Å². The summed E-state index contributed by atoms with van der Waals surface area (Å²) in [5.74, 6) is 0. The molecule has 0 saturated heterocycles. The first-order chi connectivity index (χ1) is 8.77. The van der Waals surface area contributed by atoms with Crippen LogP contribution in [-0.4, -0.2) is 26.2 Å². The van der Waals surface area contributed by atoms with E-state index in [2.05, 4.69) is 4.72 Å². The van der Waals surface area contributed by atoms with E-state index in [-0.39, 0.29) is 11.4 Å². The van der Waals surface area contributed by atoms with Crippen molar-refractivity contribution in [3.8, 4) is 0 Å². The minimum Gasteiger partial charge on any atom is -0.398 e. The zero-order chi connectivity index (χ0) is 14.6. The van der Waals surface area contributed by atoms with Gasteiger partial charge in [0.2, 0.25) is 10.0 Å². The lowest BCUT2D eigenvalue weighted by atomic mass is 10.1. The fraction of sp³-hybridized carbons (Fsp3) is 0.538. The molecular weight excluding hydrogens is 264 g/mol. The monoisotopic (exact) mass is 286 g/mol. The molecule has 0 radical (unpaired) electrons. The Morgan fingerprint density at radius 2 is 2.00 bits per heavy atom. The van der Waals surface area contributed by atoms with Crippen molar-refractivity contribution in [2.24, 2.45) is 0 Å². The quantitative estimate of drug-likeness (QED) is 0.688. The molecule has 0 aromatic heterocycles. The van der Waals surface area contributed by atoms with Gasteiger partial charge in [-0.25, -0.2) is 13.1 Å². The molecular formula is C13H22N2O3S. The van der Waals surface area contributed by atoms with E-state index in [0.717, 1.165) is 17.5 Å². The smallest absolute Gasteiger partial charge is 0.240 e. The molecule has 0 fully saturated rings. The largest absolute Gasteiger partial charge is 0.398 e. The highest BCUT2D eigenvalue weighted by Gasteiger charge is 2.17. The van der Waals surface area contributed by atoms with Crippen LogP contribution >= 0.6 is 0 Å². The molecule has 0 aliphatic heterocycles. The van der Waals surface area contributed by atoms with Crippen LogP contribution in [0.1, 0.15) is 30.9 Å². The van der Waals surface area contributed by atoms with E-state index in [1.54, 1.807) is 6.07 Å². The van der Waals surface area contributed by atoms with Crippen molar-refractivity contribution in [3.05, 3.63) is 23.3 Å². The summed E-state index contributed by atoms with van der Waals surface area (Å²) in [6.45, 7) is 5.61. The molecule has 0 amide bonds. The Balaban J connectivity index is 2.89. The summed E-state index contributed by atoms with van der Waals surface area (Å²) in [5.41, 5.74) is 7.94. The lowest BCUT2D eigenvalue weighted by Gasteiger charge is -2.13. The first-order valence-electron chi connectivity index (χ1n) is 6.32. The van der Waals surface area contributed by atoms with E-state index in [4.69, 9.17) is 5.73 Å². The van der Waals surface area contributed by atoms with Crippen LogP contribution in [0.5, 0.6) is 0 Å². The molecule has 1 rings (SSSR count). The van der Waals surface area contributed by atoms with Crippen LogP contribution in [0.4, 0.5) is 5.69 Å². The molecule has 0 spiro atoms. The summed E-state index contributed by atoms with van der Waals surface area (Å²) in [5, 5.41) is 9.56. The third-order valence-corrected chi connectivity index (χ3v) is 4.53. The fourth-order valence-corrected chi connectivity index (χ4v) is 2.92. The maximum Gasteiger partial charge on any atom is 0.240 e. The van der Waals surface area contributed by atoms with Crippen molar-refractivity contribution in [2.75, 3.05) is 12.3 Å². The number of nitrogens with two attached hydrogens (primary N) is 1. The van der Waals surface area contributed by atoms with Gasteiger partial charge in [-0.05, 0) is 43.5 Å². The third kappa shape index (κ3) is 4.19. The second-order valence-electron chi connectivity index (χ2n) is 4.75. The van der Waals surface area contributed by atoms with Crippen molar-refractivity contribution in [1.29, 1.82) is 0 Å². The first kappa shape index (κ1) is 15.9. The topological polar surface area (TPSA) is 92.4 Å². The van der Waals surface area contributed by atoms with E-state index in [1.165, 1.54) is 6.07 Å². The number of aliphatic hydroxyl groups excluding tert-OH is 1. The normalized spacial score (nSPS) is 13.5. The summed E-state index contributed by atoms with van der Waals surface area (Å²) in [6.07, 6.45) is 0.709. The number of rotatable bonds is 6. The predicted molar refractivity (Wildman–Crippen MR) is 76.4 cm³/mol. The number of anilines is 1. The fourth-order valence-electron chi connectivity index (χ4n) is 1.73. The van der Waals surface area contributed by atoms with Gasteiger partial charge in [-0.3, -0.25) is 0 Å². The van der Waals surface area contributed by atoms with Crippen LogP contribution < -0.4 is 10.5 Å². The van der Waals surface area contributed by atoms with Gasteiger partial charge in [0.05, 0.1) is 11.0 Å². The lowest BCUT2D eigenvalue weighted by Crippen LogP contribution is -2.32. The van der Waals surface area contributed by atoms with Crippen molar-refractivity contribution in [2.45, 2.75) is 44.6 Å². The summed E-state index contributed by atoms with van der Waals surface area (Å²) >= 11 is 0. The lowest BCUT2D eigenvalue weighted by molar-refractivity contribution is 0.167. The molecule has 0 saturated carbocycles. The van der Waals surface area contributed by atoms with Crippen LogP contribution in [0.15, 0.2) is 17.0 Å². The van der Waals surface area contributed by atoms with Gasteiger partial charge in [0.1, 0.15) is 0 Å². The number of nitrogen functional groups attached to an aromatic ring is 1. The molecule has 5 nitrogen and oxygen atoms in total. The standard InChI is InChI=1S/C13H22N2O3S/c1-4-5-11(16)8-15-19(17,18)12-6-9(2)10(3)13(14)7-12/h6-7,11,15-16H,4-5,8,14H2,1-3H3. The first-order valence-corrected chi connectivity index (χ1v) is 7.80. The number of hydrogen-bond acceptors (Lipinski definition) is 4. The van der Waals surface area contributed by atoms with Crippen LogP contribution in [0.25, 0.3) is 0 Å². The molecule has 1 aromatic carbocycles. The minimum atomic E-state index is -3.63. The Morgan fingerprint density at radius 1 is 1.37 bits per heavy atom. The molecule has 6 heteroatoms. The number of aryl methyl sites for hydroxylation is 1. The highest BCUT2D eigenvalue weighted by molar-refractivity contribution is 7.89. The molecule has 19 heavy (non-hydrogen) atoms. The zero-order valence-corrected chi connectivity index (χ0v) is 12.4. The zero-order valence-electron chi connectivity index (χ0n) is 11.6. The maximum absolute atomic E-state index is 12.1. The Morgan fingerprint density at radius 3 is 2.53 bits per heavy atom. The predicted octanol–water partition coefficient (Wildman–Crippen LogP) is 1.32. The van der Waals surface area contributed by atoms with E-state index in [1.807, 2.05) is 20.8 Å². The molecule has 1 atom stereocenters. The van der Waals surface area contributed by atoms with Crippen molar-refractivity contribution >= 4 is 15.7 Å². The summed E-state index contributed by atoms with van der Waals surface area (Å²) < 4.78 is 26.6. The van der Waals surface area contributed by atoms with E-state index >= 15 is 0 Å². The Labute approximate surface area is 114 Å². The van der Waals surface area contributed by atoms with Gasteiger partial charge in [0.15, 0.2) is 0 Å². The van der Waals surface area contributed by atoms with E-state index in [9.17, 15) is 13.5 Å². The van der Waals surface area contributed by atoms with Crippen molar-refractivity contribution in [1.82, 2.24) is 4.72 Å². The second kappa shape index (κ2) is 6.36. The molecule has 0 aliphatic carbocycles. The molecule has 0 aliphatic rings. The highest BCUT2D eigenvalue weighted by Crippen LogP contribution is 2.21. The number of benzene rings is 1. The van der Waals surface area contributed by atoms with Crippen molar-refractivity contribution < 1.29 is 13.5 Å². The van der Waals surface area contributed by atoms with Gasteiger partial charge < -0.3 is 10.8 Å². The number of hydrogen-bond donors (Lipinski definition) is 3. The molecule has 1 aromatic rings. The minimum absolute atomic E-state index is 0.0169. The van der Waals surface area contributed by atoms with E-state index in [0.29, 0.717) is 12.1 Å². The summed E-state index contributed by atoms with van der Waals surface area (Å²) in [6, 6.07) is 3.02. The highest BCUT2D eigenvalue weighted by atomic mass is 32.2. The van der Waals surface area contributed by atoms with Gasteiger partial charge in [-0.2, -0.15) is 0 Å². The van der Waals surface area contributed by atoms with Crippen LogP contribution in [0.3, 0.4) is 0 Å². The van der Waals surface area contributed by atoms with Crippen LogP contribution in [0, 0.1) is 13.8 Å². The van der Waals surface area contributed by atoms with E-state index < -0.39 is 16.1 Å². The molecule has 4 N–H and O–H groups in total. The van der Waals surface area contributed by atoms with Gasteiger partial charge in [-0.1, -0.05) is 13.3 Å². The Hall–Kier alpha value is -1.11. The van der Waals surface area contributed by atoms with Gasteiger partial charge in [0, 0.05) is 12.2 Å². The number of aliphatic hydroxyl groups is 1. The average Bonchev–Trinajstić information content (AvgIpc) is 2.33. The molecule has 108 valence electrons. The summed E-state index contributed by atoms with van der Waals surface area (Å²) in [7, 11) is -3.63. The molecule has 0 bridgehead atoms. The third-order valence-electron chi connectivity index (χ3n) is 3.12. The Bertz CT molecular complexity index is 518. The Kier molecular flexibility index (Phi) is 5.34. The van der Waals surface area contributed by atoms with Crippen molar-refractivity contribution in [3.63, 3.8) is 0 Å². The number of nitrogens with one attached hydrogen (secondary N) is 1. The number of sulfonamides is 1. The van der Waals surface area contributed by atoms with Gasteiger partial charge in [0.25, 0.3) is 0 Å². The summed E-state index contributed by atoms with van der Waals surface area (Å²) in [4.78, 5) is 0.136. The van der Waals surface area contributed by atoms with Gasteiger partial charge >= 0.3 is 0 Å². The van der Waals surface area contributed by atoms with Crippen LogP contribution in [-0.2, 0) is 10.0 Å².